The Labute approximate surface area is 117 Å². The zero-order valence-corrected chi connectivity index (χ0v) is 11.4. The SMILES string of the molecule is C=C(NNC(=S)Nc1cccc(C)c1)c1ccco1. The molecule has 0 amide bonds. The molecule has 0 saturated carbocycles. The van der Waals surface area contributed by atoms with E-state index in [0.717, 1.165) is 5.69 Å². The smallest absolute Gasteiger partial charge is 0.189 e. The van der Waals surface area contributed by atoms with Crippen molar-refractivity contribution in [2.45, 2.75) is 6.92 Å². The Balaban J connectivity index is 1.83. The summed E-state index contributed by atoms with van der Waals surface area (Å²) in [6.45, 7) is 5.86. The van der Waals surface area contributed by atoms with Crippen LogP contribution in [0.25, 0.3) is 5.70 Å². The molecule has 5 heteroatoms. The number of furan rings is 1. The highest BCUT2D eigenvalue weighted by atomic mass is 32.1. The van der Waals surface area contributed by atoms with E-state index in [1.54, 1.807) is 12.3 Å². The molecule has 2 aromatic rings. The van der Waals surface area contributed by atoms with Crippen LogP contribution in [0.4, 0.5) is 5.69 Å². The molecule has 0 saturated heterocycles. The van der Waals surface area contributed by atoms with Crippen molar-refractivity contribution in [2.24, 2.45) is 0 Å². The first-order chi connectivity index (χ1) is 9.15. The number of anilines is 1. The van der Waals surface area contributed by atoms with E-state index in [1.165, 1.54) is 5.56 Å². The Morgan fingerprint density at radius 1 is 1.21 bits per heavy atom. The summed E-state index contributed by atoms with van der Waals surface area (Å²) in [5.41, 5.74) is 8.44. The summed E-state index contributed by atoms with van der Waals surface area (Å²) in [5.74, 6) is 0.658. The van der Waals surface area contributed by atoms with Gasteiger partial charge in [-0.3, -0.25) is 10.9 Å². The van der Waals surface area contributed by atoms with Gasteiger partial charge in [0.2, 0.25) is 0 Å². The van der Waals surface area contributed by atoms with Crippen LogP contribution in [0.15, 0.2) is 53.7 Å². The molecule has 0 aliphatic heterocycles. The van der Waals surface area contributed by atoms with Gasteiger partial charge >= 0.3 is 0 Å². The Morgan fingerprint density at radius 2 is 2.05 bits per heavy atom. The number of thiocarbonyl (C=S) groups is 1. The highest BCUT2D eigenvalue weighted by Crippen LogP contribution is 2.10. The monoisotopic (exact) mass is 273 g/mol. The summed E-state index contributed by atoms with van der Waals surface area (Å²) in [4.78, 5) is 0. The molecule has 0 spiro atoms. The molecule has 1 aromatic carbocycles. The minimum atomic E-state index is 0.457. The van der Waals surface area contributed by atoms with Crippen LogP contribution in [-0.4, -0.2) is 5.11 Å². The highest BCUT2D eigenvalue weighted by Gasteiger charge is 2.02. The maximum absolute atomic E-state index is 5.20. The van der Waals surface area contributed by atoms with Crippen LogP contribution in [0.3, 0.4) is 0 Å². The predicted molar refractivity (Wildman–Crippen MR) is 81.4 cm³/mol. The summed E-state index contributed by atoms with van der Waals surface area (Å²) in [7, 11) is 0. The van der Waals surface area contributed by atoms with Gasteiger partial charge in [0.05, 0.1) is 12.0 Å². The van der Waals surface area contributed by atoms with Crippen molar-refractivity contribution in [3.05, 3.63) is 60.6 Å². The maximum Gasteiger partial charge on any atom is 0.189 e. The van der Waals surface area contributed by atoms with Gasteiger partial charge in [-0.1, -0.05) is 18.7 Å². The molecule has 1 heterocycles. The lowest BCUT2D eigenvalue weighted by molar-refractivity contribution is 0.546. The fraction of sp³-hybridized carbons (Fsp3) is 0.0714. The molecule has 98 valence electrons. The van der Waals surface area contributed by atoms with Crippen LogP contribution in [-0.2, 0) is 0 Å². The molecular formula is C14H15N3OS. The van der Waals surface area contributed by atoms with Gasteiger partial charge in [0.25, 0.3) is 0 Å². The van der Waals surface area contributed by atoms with Crippen LogP contribution in [0, 0.1) is 6.92 Å². The Morgan fingerprint density at radius 3 is 2.74 bits per heavy atom. The molecule has 1 aromatic heterocycles. The van der Waals surface area contributed by atoms with Crippen molar-refractivity contribution in [3.63, 3.8) is 0 Å². The Kier molecular flexibility index (Phi) is 4.20. The number of aryl methyl sites for hydroxylation is 1. The minimum Gasteiger partial charge on any atom is -0.463 e. The molecule has 2 rings (SSSR count). The van der Waals surface area contributed by atoms with E-state index in [4.69, 9.17) is 16.6 Å². The van der Waals surface area contributed by atoms with Gasteiger partial charge in [-0.2, -0.15) is 0 Å². The van der Waals surface area contributed by atoms with Gasteiger partial charge in [-0.15, -0.1) is 0 Å². The first kappa shape index (κ1) is 13.2. The molecule has 0 aliphatic carbocycles. The van der Waals surface area contributed by atoms with E-state index >= 15 is 0 Å². The van der Waals surface area contributed by atoms with Gasteiger partial charge in [0.1, 0.15) is 0 Å². The molecule has 0 aliphatic rings. The average molecular weight is 273 g/mol. The van der Waals surface area contributed by atoms with Crippen molar-refractivity contribution >= 4 is 28.7 Å². The van der Waals surface area contributed by atoms with Crippen molar-refractivity contribution in [2.75, 3.05) is 5.32 Å². The van der Waals surface area contributed by atoms with E-state index in [2.05, 4.69) is 22.7 Å². The van der Waals surface area contributed by atoms with Gasteiger partial charge in [-0.25, -0.2) is 0 Å². The summed E-state index contributed by atoms with van der Waals surface area (Å²) >= 11 is 5.17. The topological polar surface area (TPSA) is 49.2 Å². The second kappa shape index (κ2) is 6.06. The number of hydrazine groups is 1. The summed E-state index contributed by atoms with van der Waals surface area (Å²) in [6.07, 6.45) is 1.59. The number of hydrogen-bond acceptors (Lipinski definition) is 3. The van der Waals surface area contributed by atoms with E-state index in [9.17, 15) is 0 Å². The lowest BCUT2D eigenvalue weighted by Gasteiger charge is -2.13. The third-order valence-corrected chi connectivity index (χ3v) is 2.63. The standard InChI is InChI=1S/C14H15N3OS/c1-10-5-3-6-12(9-10)15-14(19)17-16-11(2)13-7-4-8-18-13/h3-9,16H,2H2,1H3,(H2,15,17,19). The maximum atomic E-state index is 5.20. The largest absolute Gasteiger partial charge is 0.463 e. The Hall–Kier alpha value is -2.27. The van der Waals surface area contributed by atoms with Crippen molar-refractivity contribution < 1.29 is 4.42 Å². The first-order valence-electron chi connectivity index (χ1n) is 5.77. The summed E-state index contributed by atoms with van der Waals surface area (Å²) in [6, 6.07) is 11.6. The molecule has 0 atom stereocenters. The zero-order chi connectivity index (χ0) is 13.7. The van der Waals surface area contributed by atoms with Crippen molar-refractivity contribution in [1.29, 1.82) is 0 Å². The third kappa shape index (κ3) is 3.86. The Bertz CT molecular complexity index is 578. The molecule has 0 unspecified atom stereocenters. The van der Waals surface area contributed by atoms with Crippen LogP contribution < -0.4 is 16.2 Å². The predicted octanol–water partition coefficient (Wildman–Crippen LogP) is 3.05. The van der Waals surface area contributed by atoms with Gasteiger partial charge in [0.15, 0.2) is 10.9 Å². The summed E-state index contributed by atoms with van der Waals surface area (Å²) in [5, 5.41) is 3.53. The quantitative estimate of drug-likeness (QED) is 0.590. The van der Waals surface area contributed by atoms with Gasteiger partial charge in [0, 0.05) is 5.69 Å². The molecule has 0 bridgehead atoms. The fourth-order valence-corrected chi connectivity index (χ4v) is 1.70. The normalized spacial score (nSPS) is 9.74. The molecular weight excluding hydrogens is 258 g/mol. The van der Waals surface area contributed by atoms with Crippen LogP contribution in [0.1, 0.15) is 11.3 Å². The minimum absolute atomic E-state index is 0.457. The van der Waals surface area contributed by atoms with Crippen molar-refractivity contribution in [1.82, 2.24) is 10.9 Å². The van der Waals surface area contributed by atoms with Crippen LogP contribution in [0.2, 0.25) is 0 Å². The fourth-order valence-electron chi connectivity index (χ4n) is 1.53. The van der Waals surface area contributed by atoms with E-state index < -0.39 is 0 Å². The molecule has 4 nitrogen and oxygen atoms in total. The van der Waals surface area contributed by atoms with Gasteiger partial charge in [-0.05, 0) is 49.0 Å². The number of benzene rings is 1. The number of rotatable bonds is 4. The molecule has 3 N–H and O–H groups in total. The molecule has 19 heavy (non-hydrogen) atoms. The lowest BCUT2D eigenvalue weighted by atomic mass is 10.2. The van der Waals surface area contributed by atoms with Crippen molar-refractivity contribution in [3.8, 4) is 0 Å². The molecule has 0 fully saturated rings. The van der Waals surface area contributed by atoms with Gasteiger partial charge < -0.3 is 9.73 Å². The average Bonchev–Trinajstić information content (AvgIpc) is 2.90. The lowest BCUT2D eigenvalue weighted by Crippen LogP contribution is -2.38. The summed E-state index contributed by atoms with van der Waals surface area (Å²) < 4.78 is 5.20. The number of hydrogen-bond donors (Lipinski definition) is 3. The van der Waals surface area contributed by atoms with Crippen LogP contribution >= 0.6 is 12.2 Å². The van der Waals surface area contributed by atoms with Crippen LogP contribution in [0.5, 0.6) is 0 Å². The number of nitrogens with one attached hydrogen (secondary N) is 3. The van der Waals surface area contributed by atoms with E-state index in [0.29, 0.717) is 16.6 Å². The third-order valence-electron chi connectivity index (χ3n) is 2.42. The molecule has 0 radical (unpaired) electrons. The second-order valence-corrected chi connectivity index (χ2v) is 4.44. The zero-order valence-electron chi connectivity index (χ0n) is 10.6. The second-order valence-electron chi connectivity index (χ2n) is 4.03. The first-order valence-corrected chi connectivity index (χ1v) is 6.18. The van der Waals surface area contributed by atoms with E-state index in [1.807, 2.05) is 37.3 Å². The van der Waals surface area contributed by atoms with E-state index in [-0.39, 0.29) is 0 Å². The highest BCUT2D eigenvalue weighted by molar-refractivity contribution is 7.80.